The van der Waals surface area contributed by atoms with Gasteiger partial charge in [-0.1, -0.05) is 0 Å². The third-order valence-electron chi connectivity index (χ3n) is 6.82. The number of nitrogens with zero attached hydrogens (tertiary/aromatic N) is 4. The van der Waals surface area contributed by atoms with Gasteiger partial charge in [0.15, 0.2) is 11.3 Å². The number of pyridine rings is 1. The highest BCUT2D eigenvalue weighted by Gasteiger charge is 2.27. The van der Waals surface area contributed by atoms with Crippen molar-refractivity contribution in [2.75, 3.05) is 16.0 Å². The minimum absolute atomic E-state index is 0.120. The Balaban J connectivity index is 1.33. The number of hydrogen-bond donors (Lipinski definition) is 4. The molecule has 0 saturated heterocycles. The van der Waals surface area contributed by atoms with Gasteiger partial charge in [0.1, 0.15) is 11.6 Å². The lowest BCUT2D eigenvalue weighted by Crippen LogP contribution is -2.32. The Morgan fingerprint density at radius 1 is 1.11 bits per heavy atom. The van der Waals surface area contributed by atoms with Crippen molar-refractivity contribution < 1.29 is 14.0 Å². The second-order valence-corrected chi connectivity index (χ2v) is 9.88. The number of hydrogen-bond acceptors (Lipinski definition) is 8. The molecule has 0 unspecified atom stereocenters. The van der Waals surface area contributed by atoms with Gasteiger partial charge in [-0.25, -0.2) is 14.5 Å². The number of halogens is 1. The predicted molar refractivity (Wildman–Crippen MR) is 134 cm³/mol. The molecular weight excluding hydrogens is 463 g/mol. The van der Waals surface area contributed by atoms with Crippen LogP contribution in [0.25, 0.3) is 5.65 Å². The number of amides is 1. The highest BCUT2D eigenvalue weighted by Crippen LogP contribution is 2.31. The van der Waals surface area contributed by atoms with Crippen molar-refractivity contribution in [2.45, 2.75) is 70.0 Å². The molecule has 2 fully saturated rings. The van der Waals surface area contributed by atoms with Crippen LogP contribution in [-0.4, -0.2) is 49.4 Å². The van der Waals surface area contributed by atoms with Crippen LogP contribution in [0, 0.1) is 11.9 Å². The molecule has 36 heavy (non-hydrogen) atoms. The van der Waals surface area contributed by atoms with Gasteiger partial charge in [-0.15, -0.1) is 5.10 Å². The molecule has 3 aromatic heterocycles. The summed E-state index contributed by atoms with van der Waals surface area (Å²) in [6, 6.07) is 4.80. The fraction of sp³-hybridized carbons (Fsp3) is 0.480. The fourth-order valence-corrected chi connectivity index (χ4v) is 4.61. The number of nitrogens with two attached hydrogens (primary N) is 1. The Bertz CT molecular complexity index is 1260. The maximum atomic E-state index is 13.5. The zero-order valence-corrected chi connectivity index (χ0v) is 20.2. The number of ketones is 1. The fourth-order valence-electron chi connectivity index (χ4n) is 4.61. The molecule has 5 rings (SSSR count). The van der Waals surface area contributed by atoms with Crippen LogP contribution >= 0.6 is 0 Å². The van der Waals surface area contributed by atoms with Gasteiger partial charge in [-0.05, 0) is 57.4 Å². The van der Waals surface area contributed by atoms with Gasteiger partial charge in [0.2, 0.25) is 5.95 Å². The first-order valence-corrected chi connectivity index (χ1v) is 12.5. The van der Waals surface area contributed by atoms with Gasteiger partial charge in [-0.2, -0.15) is 4.39 Å². The highest BCUT2D eigenvalue weighted by atomic mass is 19.1. The van der Waals surface area contributed by atoms with E-state index in [2.05, 4.69) is 31.0 Å². The van der Waals surface area contributed by atoms with E-state index in [1.54, 1.807) is 6.92 Å². The molecule has 0 aromatic carbocycles. The lowest BCUT2D eigenvalue weighted by atomic mass is 9.82. The maximum absolute atomic E-state index is 13.5. The van der Waals surface area contributed by atoms with Crippen LogP contribution in [0.15, 0.2) is 30.6 Å². The number of carbonyl (C=O) groups excluding carboxylic acids is 2. The summed E-state index contributed by atoms with van der Waals surface area (Å²) in [6.07, 6.45) is 9.22. The van der Waals surface area contributed by atoms with Gasteiger partial charge in [0, 0.05) is 42.5 Å². The molecule has 5 N–H and O–H groups in total. The van der Waals surface area contributed by atoms with E-state index >= 15 is 0 Å². The average Bonchev–Trinajstić information content (AvgIpc) is 3.55. The van der Waals surface area contributed by atoms with E-state index in [0.29, 0.717) is 35.5 Å². The van der Waals surface area contributed by atoms with Crippen molar-refractivity contribution in [2.24, 2.45) is 11.7 Å². The molecule has 2 aliphatic rings. The smallest absolute Gasteiger partial charge is 0.276 e. The lowest BCUT2D eigenvalue weighted by Gasteiger charge is -2.29. The first kappa shape index (κ1) is 24.1. The summed E-state index contributed by atoms with van der Waals surface area (Å²) in [7, 11) is 0. The van der Waals surface area contributed by atoms with E-state index in [-0.39, 0.29) is 17.5 Å². The molecule has 2 aliphatic carbocycles. The summed E-state index contributed by atoms with van der Waals surface area (Å²) in [5, 5.41) is 14.4. The summed E-state index contributed by atoms with van der Waals surface area (Å²) in [5.41, 5.74) is 7.62. The summed E-state index contributed by atoms with van der Waals surface area (Å²) in [6.45, 7) is 1.74. The van der Waals surface area contributed by atoms with Crippen LogP contribution in [0.4, 0.5) is 21.6 Å². The van der Waals surface area contributed by atoms with Crippen LogP contribution in [-0.2, 0) is 4.79 Å². The molecule has 0 radical (unpaired) electrons. The molecule has 1 atom stereocenters. The number of Topliss-reactive ketones (excluding diaryl/α,β-unsaturated/α-hetero) is 1. The lowest BCUT2D eigenvalue weighted by molar-refractivity contribution is -0.121. The topological polar surface area (TPSA) is 139 Å². The molecular formula is C25H31FN8O2. The number of fused-ring (bicyclic) bond motifs is 1. The number of carbonyl (C=O) groups is 2. The zero-order valence-electron chi connectivity index (χ0n) is 20.2. The van der Waals surface area contributed by atoms with Gasteiger partial charge >= 0.3 is 0 Å². The van der Waals surface area contributed by atoms with E-state index in [1.807, 2.05) is 6.07 Å². The zero-order chi connectivity index (χ0) is 25.2. The third kappa shape index (κ3) is 5.62. The SMILES string of the molecule is C[C@@H](N)C(=O)CC1CCC(Nc2cc(NC3CC3)c3ncc(C(=O)Nc4ccnc(F)c4)n3n2)CC1. The van der Waals surface area contributed by atoms with E-state index in [1.165, 1.54) is 23.0 Å². The van der Waals surface area contributed by atoms with Gasteiger partial charge in [-0.3, -0.25) is 9.59 Å². The molecule has 2 saturated carbocycles. The van der Waals surface area contributed by atoms with Crippen LogP contribution < -0.4 is 21.7 Å². The maximum Gasteiger partial charge on any atom is 0.276 e. The van der Waals surface area contributed by atoms with Crippen molar-refractivity contribution in [3.8, 4) is 0 Å². The summed E-state index contributed by atoms with van der Waals surface area (Å²) in [4.78, 5) is 33.0. The van der Waals surface area contributed by atoms with Crippen LogP contribution in [0.5, 0.6) is 0 Å². The molecule has 0 spiro atoms. The number of aromatic nitrogens is 4. The first-order chi connectivity index (χ1) is 17.4. The molecule has 0 aliphatic heterocycles. The van der Waals surface area contributed by atoms with Crippen LogP contribution in [0.3, 0.4) is 0 Å². The average molecular weight is 495 g/mol. The largest absolute Gasteiger partial charge is 0.379 e. The van der Waals surface area contributed by atoms with E-state index in [4.69, 9.17) is 5.73 Å². The van der Waals surface area contributed by atoms with E-state index in [9.17, 15) is 14.0 Å². The molecule has 10 nitrogen and oxygen atoms in total. The number of nitrogens with one attached hydrogen (secondary N) is 3. The molecule has 190 valence electrons. The Kier molecular flexibility index (Phi) is 6.82. The Morgan fingerprint density at radius 3 is 2.53 bits per heavy atom. The predicted octanol–water partition coefficient (Wildman–Crippen LogP) is 3.37. The quantitative estimate of drug-likeness (QED) is 0.332. The van der Waals surface area contributed by atoms with Gasteiger partial charge < -0.3 is 21.7 Å². The Hall–Kier alpha value is -3.60. The van der Waals surface area contributed by atoms with Crippen LogP contribution in [0.1, 0.15) is 62.4 Å². The third-order valence-corrected chi connectivity index (χ3v) is 6.82. The minimum atomic E-state index is -0.678. The summed E-state index contributed by atoms with van der Waals surface area (Å²) >= 11 is 0. The molecule has 0 bridgehead atoms. The number of imidazole rings is 1. The number of anilines is 3. The van der Waals surface area contributed by atoms with Gasteiger partial charge in [0.25, 0.3) is 5.91 Å². The first-order valence-electron chi connectivity index (χ1n) is 12.5. The standard InChI is InChI=1S/C25H31FN8O2/c1-14(27)21(35)10-15-2-4-17(5-3-15)31-23-12-19(30-16-6-7-16)24-29-13-20(34(24)33-23)25(36)32-18-8-9-28-22(26)11-18/h8-9,11-17,30H,2-7,10,27H2,1H3,(H,31,33)(H,28,32,36)/t14-,15?,17?/m1/s1. The van der Waals surface area contributed by atoms with Crippen molar-refractivity contribution >= 4 is 34.5 Å². The second kappa shape index (κ2) is 10.2. The van der Waals surface area contributed by atoms with E-state index < -0.39 is 17.9 Å². The monoisotopic (exact) mass is 494 g/mol. The summed E-state index contributed by atoms with van der Waals surface area (Å²) in [5.74, 6) is 0.00100. The van der Waals surface area contributed by atoms with Crippen molar-refractivity contribution in [1.29, 1.82) is 0 Å². The second-order valence-electron chi connectivity index (χ2n) is 9.88. The van der Waals surface area contributed by atoms with Crippen molar-refractivity contribution in [1.82, 2.24) is 19.6 Å². The Morgan fingerprint density at radius 2 is 1.83 bits per heavy atom. The normalized spacial score (nSPS) is 20.6. The van der Waals surface area contributed by atoms with E-state index in [0.717, 1.165) is 50.3 Å². The van der Waals surface area contributed by atoms with Crippen LogP contribution in [0.2, 0.25) is 0 Å². The summed E-state index contributed by atoms with van der Waals surface area (Å²) < 4.78 is 15.0. The van der Waals surface area contributed by atoms with Crippen molar-refractivity contribution in [3.05, 3.63) is 42.2 Å². The Labute approximate surface area is 208 Å². The molecule has 3 aromatic rings. The number of rotatable bonds is 9. The molecule has 11 heteroatoms. The molecule has 3 heterocycles. The minimum Gasteiger partial charge on any atom is -0.379 e. The molecule has 1 amide bonds. The highest BCUT2D eigenvalue weighted by molar-refractivity contribution is 6.03. The van der Waals surface area contributed by atoms with Gasteiger partial charge in [0.05, 0.1) is 17.9 Å². The van der Waals surface area contributed by atoms with Crippen molar-refractivity contribution in [3.63, 3.8) is 0 Å².